The lowest BCUT2D eigenvalue weighted by Crippen LogP contribution is -2.30. The van der Waals surface area contributed by atoms with Crippen LogP contribution in [0, 0.1) is 5.41 Å². The standard InChI is InChI=1S/C14H21NO3/c1-3-9-14(2,10-16)11-18-13(17)15-12-7-5-4-6-8-12/h4-8,16H,3,9-11H2,1-2H3,(H,15,17)/t14-/m1/s1. The van der Waals surface area contributed by atoms with Crippen molar-refractivity contribution in [3.8, 4) is 0 Å². The van der Waals surface area contributed by atoms with E-state index in [2.05, 4.69) is 5.32 Å². The first-order valence-corrected chi connectivity index (χ1v) is 6.19. The smallest absolute Gasteiger partial charge is 0.411 e. The zero-order valence-corrected chi connectivity index (χ0v) is 11.0. The number of carbonyl (C=O) groups excluding carboxylic acids is 1. The first kappa shape index (κ1) is 14.5. The molecule has 0 fully saturated rings. The van der Waals surface area contributed by atoms with Gasteiger partial charge in [-0.05, 0) is 18.6 Å². The van der Waals surface area contributed by atoms with Crippen molar-refractivity contribution in [2.75, 3.05) is 18.5 Å². The number of nitrogens with one attached hydrogen (secondary N) is 1. The van der Waals surface area contributed by atoms with Crippen molar-refractivity contribution in [3.63, 3.8) is 0 Å². The van der Waals surface area contributed by atoms with Gasteiger partial charge in [-0.15, -0.1) is 0 Å². The van der Waals surface area contributed by atoms with Crippen LogP contribution in [0.5, 0.6) is 0 Å². The predicted octanol–water partition coefficient (Wildman–Crippen LogP) is 3.03. The summed E-state index contributed by atoms with van der Waals surface area (Å²) in [5.74, 6) is 0. The van der Waals surface area contributed by atoms with Crippen LogP contribution in [-0.4, -0.2) is 24.4 Å². The second-order valence-electron chi connectivity index (χ2n) is 4.79. The van der Waals surface area contributed by atoms with Gasteiger partial charge in [0.1, 0.15) is 6.61 Å². The van der Waals surface area contributed by atoms with Crippen molar-refractivity contribution in [2.45, 2.75) is 26.7 Å². The van der Waals surface area contributed by atoms with Crippen LogP contribution in [0.25, 0.3) is 0 Å². The Hall–Kier alpha value is -1.55. The zero-order chi connectivity index (χ0) is 13.4. The highest BCUT2D eigenvalue weighted by Gasteiger charge is 2.24. The monoisotopic (exact) mass is 251 g/mol. The third-order valence-corrected chi connectivity index (χ3v) is 2.81. The van der Waals surface area contributed by atoms with E-state index in [1.807, 2.05) is 32.0 Å². The summed E-state index contributed by atoms with van der Waals surface area (Å²) >= 11 is 0. The van der Waals surface area contributed by atoms with Crippen LogP contribution in [0.4, 0.5) is 10.5 Å². The van der Waals surface area contributed by atoms with Gasteiger partial charge in [-0.1, -0.05) is 38.5 Å². The highest BCUT2D eigenvalue weighted by atomic mass is 16.5. The van der Waals surface area contributed by atoms with Crippen molar-refractivity contribution < 1.29 is 14.6 Å². The highest BCUT2D eigenvalue weighted by molar-refractivity contribution is 5.84. The van der Waals surface area contributed by atoms with Crippen LogP contribution < -0.4 is 5.32 Å². The summed E-state index contributed by atoms with van der Waals surface area (Å²) in [4.78, 5) is 11.6. The molecule has 0 aliphatic rings. The molecule has 1 aromatic carbocycles. The fourth-order valence-corrected chi connectivity index (χ4v) is 1.72. The lowest BCUT2D eigenvalue weighted by atomic mass is 9.88. The van der Waals surface area contributed by atoms with Crippen LogP contribution in [0.2, 0.25) is 0 Å². The Morgan fingerprint density at radius 1 is 1.39 bits per heavy atom. The third kappa shape index (κ3) is 4.75. The van der Waals surface area contributed by atoms with Gasteiger partial charge in [0.2, 0.25) is 0 Å². The molecule has 4 heteroatoms. The zero-order valence-electron chi connectivity index (χ0n) is 11.0. The van der Waals surface area contributed by atoms with Crippen molar-refractivity contribution in [1.82, 2.24) is 0 Å². The quantitative estimate of drug-likeness (QED) is 0.817. The fraction of sp³-hybridized carbons (Fsp3) is 0.500. The number of aliphatic hydroxyl groups is 1. The molecule has 18 heavy (non-hydrogen) atoms. The van der Waals surface area contributed by atoms with E-state index in [-0.39, 0.29) is 18.6 Å². The van der Waals surface area contributed by atoms with Gasteiger partial charge >= 0.3 is 6.09 Å². The van der Waals surface area contributed by atoms with Crippen LogP contribution in [0.1, 0.15) is 26.7 Å². The molecular weight excluding hydrogens is 230 g/mol. The Balaban J connectivity index is 2.41. The summed E-state index contributed by atoms with van der Waals surface area (Å²) in [6.07, 6.45) is 1.28. The minimum Gasteiger partial charge on any atom is -0.449 e. The number of hydrogen-bond acceptors (Lipinski definition) is 3. The topological polar surface area (TPSA) is 58.6 Å². The molecule has 0 bridgehead atoms. The molecule has 0 heterocycles. The summed E-state index contributed by atoms with van der Waals surface area (Å²) in [5.41, 5.74) is 0.340. The third-order valence-electron chi connectivity index (χ3n) is 2.81. The lowest BCUT2D eigenvalue weighted by molar-refractivity contribution is 0.0489. The molecule has 4 nitrogen and oxygen atoms in total. The van der Waals surface area contributed by atoms with E-state index in [4.69, 9.17) is 4.74 Å². The number of ether oxygens (including phenoxy) is 1. The van der Waals surface area contributed by atoms with E-state index in [0.717, 1.165) is 12.8 Å². The molecule has 100 valence electrons. The van der Waals surface area contributed by atoms with E-state index >= 15 is 0 Å². The Labute approximate surface area is 108 Å². The van der Waals surface area contributed by atoms with Gasteiger partial charge in [-0.25, -0.2) is 4.79 Å². The second kappa shape index (κ2) is 7.01. The van der Waals surface area contributed by atoms with Crippen LogP contribution in [0.3, 0.4) is 0 Å². The van der Waals surface area contributed by atoms with Gasteiger partial charge < -0.3 is 9.84 Å². The summed E-state index contributed by atoms with van der Waals surface area (Å²) in [7, 11) is 0. The minimum absolute atomic E-state index is 0.0134. The maximum Gasteiger partial charge on any atom is 0.411 e. The molecular formula is C14H21NO3. The molecule has 0 spiro atoms. The van der Waals surface area contributed by atoms with Gasteiger partial charge in [-0.2, -0.15) is 0 Å². The predicted molar refractivity (Wildman–Crippen MR) is 71.5 cm³/mol. The molecule has 1 atom stereocenters. The SMILES string of the molecule is CCC[C@](C)(CO)COC(=O)Nc1ccccc1. The first-order chi connectivity index (χ1) is 8.59. The Morgan fingerprint density at radius 3 is 2.61 bits per heavy atom. The average Bonchev–Trinajstić information content (AvgIpc) is 2.38. The number of hydrogen-bond donors (Lipinski definition) is 2. The number of anilines is 1. The number of aliphatic hydroxyl groups excluding tert-OH is 1. The summed E-state index contributed by atoms with van der Waals surface area (Å²) in [5, 5.41) is 11.9. The summed E-state index contributed by atoms with van der Waals surface area (Å²) in [6, 6.07) is 9.13. The Morgan fingerprint density at radius 2 is 2.06 bits per heavy atom. The number of carbonyl (C=O) groups is 1. The lowest BCUT2D eigenvalue weighted by Gasteiger charge is -2.26. The molecule has 2 N–H and O–H groups in total. The van der Waals surface area contributed by atoms with E-state index in [9.17, 15) is 9.90 Å². The molecule has 0 saturated heterocycles. The molecule has 1 aromatic rings. The van der Waals surface area contributed by atoms with Crippen molar-refractivity contribution in [1.29, 1.82) is 0 Å². The van der Waals surface area contributed by atoms with Gasteiger partial charge in [0.05, 0.1) is 6.61 Å². The molecule has 0 radical (unpaired) electrons. The van der Waals surface area contributed by atoms with Crippen molar-refractivity contribution in [3.05, 3.63) is 30.3 Å². The average molecular weight is 251 g/mol. The maximum atomic E-state index is 11.6. The number of rotatable bonds is 6. The molecule has 0 aliphatic heterocycles. The normalized spacial score (nSPS) is 13.7. The van der Waals surface area contributed by atoms with Gasteiger partial charge in [0.25, 0.3) is 0 Å². The summed E-state index contributed by atoms with van der Waals surface area (Å²) in [6.45, 7) is 4.18. The van der Waals surface area contributed by atoms with E-state index in [0.29, 0.717) is 5.69 Å². The minimum atomic E-state index is -0.489. The highest BCUT2D eigenvalue weighted by Crippen LogP contribution is 2.22. The molecule has 0 saturated carbocycles. The number of para-hydroxylation sites is 1. The van der Waals surface area contributed by atoms with Crippen LogP contribution in [-0.2, 0) is 4.74 Å². The molecule has 0 aliphatic carbocycles. The van der Waals surface area contributed by atoms with Crippen LogP contribution >= 0.6 is 0 Å². The Bertz CT molecular complexity index is 367. The molecule has 0 unspecified atom stereocenters. The van der Waals surface area contributed by atoms with Crippen molar-refractivity contribution in [2.24, 2.45) is 5.41 Å². The number of amides is 1. The van der Waals surface area contributed by atoms with Gasteiger partial charge in [0, 0.05) is 11.1 Å². The van der Waals surface area contributed by atoms with Gasteiger partial charge in [0.15, 0.2) is 0 Å². The largest absolute Gasteiger partial charge is 0.449 e. The number of benzene rings is 1. The maximum absolute atomic E-state index is 11.6. The van der Waals surface area contributed by atoms with Crippen LogP contribution in [0.15, 0.2) is 30.3 Å². The molecule has 1 amide bonds. The Kier molecular flexibility index (Phi) is 5.65. The van der Waals surface area contributed by atoms with Crippen molar-refractivity contribution >= 4 is 11.8 Å². The fourth-order valence-electron chi connectivity index (χ4n) is 1.72. The summed E-state index contributed by atoms with van der Waals surface area (Å²) < 4.78 is 5.14. The molecule has 1 rings (SSSR count). The van der Waals surface area contributed by atoms with E-state index in [1.54, 1.807) is 12.1 Å². The van der Waals surface area contributed by atoms with E-state index in [1.165, 1.54) is 0 Å². The van der Waals surface area contributed by atoms with E-state index < -0.39 is 6.09 Å². The van der Waals surface area contributed by atoms with Gasteiger partial charge in [-0.3, -0.25) is 5.32 Å². The molecule has 0 aromatic heterocycles. The first-order valence-electron chi connectivity index (χ1n) is 6.19. The second-order valence-corrected chi connectivity index (χ2v) is 4.79.